The van der Waals surface area contributed by atoms with Crippen LogP contribution in [0.3, 0.4) is 0 Å². The molecule has 198 valence electrons. The summed E-state index contributed by atoms with van der Waals surface area (Å²) < 4.78 is 5.70. The first-order valence-corrected chi connectivity index (χ1v) is 14.4. The van der Waals surface area contributed by atoms with E-state index in [0.717, 1.165) is 63.1 Å². The summed E-state index contributed by atoms with van der Waals surface area (Å²) >= 11 is 0. The lowest BCUT2D eigenvalue weighted by atomic mass is 9.84. The minimum absolute atomic E-state index is 0.118. The predicted octanol–water partition coefficient (Wildman–Crippen LogP) is 7.85. The van der Waals surface area contributed by atoms with Crippen LogP contribution in [0.1, 0.15) is 118 Å². The molecule has 1 amide bonds. The van der Waals surface area contributed by atoms with E-state index in [2.05, 4.69) is 72.9 Å². The van der Waals surface area contributed by atoms with Crippen molar-refractivity contribution in [2.45, 2.75) is 103 Å². The van der Waals surface area contributed by atoms with E-state index in [1.54, 1.807) is 0 Å². The summed E-state index contributed by atoms with van der Waals surface area (Å²) in [6, 6.07) is 19.1. The molecule has 1 aliphatic carbocycles. The first-order valence-electron chi connectivity index (χ1n) is 14.4. The minimum atomic E-state index is 0.118. The van der Waals surface area contributed by atoms with Crippen molar-refractivity contribution in [3.63, 3.8) is 0 Å². The molecule has 1 saturated carbocycles. The molecule has 0 radical (unpaired) electrons. The molecule has 0 bridgehead atoms. The largest absolute Gasteiger partial charge is 0.349 e. The van der Waals surface area contributed by atoms with Gasteiger partial charge < -0.3 is 9.84 Å². The molecule has 1 fully saturated rings. The summed E-state index contributed by atoms with van der Waals surface area (Å²) in [4.78, 5) is 17.4. The van der Waals surface area contributed by atoms with Gasteiger partial charge in [-0.15, -0.1) is 0 Å². The number of aryl methyl sites for hydroxylation is 1. The van der Waals surface area contributed by atoms with Crippen LogP contribution in [-0.4, -0.2) is 16.0 Å². The van der Waals surface area contributed by atoms with Crippen molar-refractivity contribution in [1.82, 2.24) is 15.5 Å². The topological polar surface area (TPSA) is 68.0 Å². The Balaban J connectivity index is 1.21. The monoisotopic (exact) mass is 501 g/mol. The average Bonchev–Trinajstić information content (AvgIpc) is 3.34. The number of amides is 1. The number of aromatic nitrogens is 2. The van der Waals surface area contributed by atoms with Crippen LogP contribution >= 0.6 is 0 Å². The van der Waals surface area contributed by atoms with E-state index in [-0.39, 0.29) is 17.9 Å². The third-order valence-electron chi connectivity index (χ3n) is 7.74. The van der Waals surface area contributed by atoms with Crippen molar-refractivity contribution >= 4 is 5.91 Å². The molecule has 1 N–H and O–H groups in total. The van der Waals surface area contributed by atoms with Gasteiger partial charge in [-0.05, 0) is 50.2 Å². The molecule has 1 aromatic heterocycles. The molecule has 1 aliphatic rings. The quantitative estimate of drug-likeness (QED) is 0.215. The van der Waals surface area contributed by atoms with Crippen LogP contribution in [0.2, 0.25) is 0 Å². The molecule has 5 heteroatoms. The van der Waals surface area contributed by atoms with Crippen LogP contribution in [-0.2, 0) is 11.2 Å². The Morgan fingerprint density at radius 2 is 1.70 bits per heavy atom. The van der Waals surface area contributed by atoms with Gasteiger partial charge in [0.2, 0.25) is 11.8 Å². The van der Waals surface area contributed by atoms with Gasteiger partial charge in [-0.3, -0.25) is 4.79 Å². The standard InChI is InChI=1S/C32H43N3O2/c1-3-12-28(32-34-30(35-37-32)23-25-21-19-24(2)20-22-25)15-7-4-5-10-18-29(26-13-8-6-9-14-26)33-31(36)27-16-11-17-27/h6,8-9,13-14,19-22,27-29H,3-5,7,10-12,15-18,23H2,1-2H3,(H,33,36)/t28?,29-/m0/s1. The molecule has 0 saturated heterocycles. The number of carbonyl (C=O) groups excluding carboxylic acids is 1. The van der Waals surface area contributed by atoms with Crippen LogP contribution in [0.15, 0.2) is 59.1 Å². The van der Waals surface area contributed by atoms with Gasteiger partial charge in [0.25, 0.3) is 0 Å². The van der Waals surface area contributed by atoms with Crippen LogP contribution in [0, 0.1) is 12.8 Å². The first kappa shape index (κ1) is 27.1. The fourth-order valence-corrected chi connectivity index (χ4v) is 5.19. The predicted molar refractivity (Wildman–Crippen MR) is 148 cm³/mol. The zero-order chi connectivity index (χ0) is 25.9. The third-order valence-corrected chi connectivity index (χ3v) is 7.74. The van der Waals surface area contributed by atoms with E-state index in [0.29, 0.717) is 12.3 Å². The highest BCUT2D eigenvalue weighted by Gasteiger charge is 2.27. The lowest BCUT2D eigenvalue weighted by molar-refractivity contribution is -0.128. The zero-order valence-corrected chi connectivity index (χ0v) is 22.6. The van der Waals surface area contributed by atoms with Crippen molar-refractivity contribution in [2.24, 2.45) is 5.92 Å². The van der Waals surface area contributed by atoms with E-state index in [1.165, 1.54) is 36.0 Å². The van der Waals surface area contributed by atoms with Gasteiger partial charge in [-0.2, -0.15) is 4.98 Å². The summed E-state index contributed by atoms with van der Waals surface area (Å²) in [6.45, 7) is 4.32. The fraction of sp³-hybridized carbons (Fsp3) is 0.531. The first-order chi connectivity index (χ1) is 18.1. The number of hydrogen-bond acceptors (Lipinski definition) is 4. The number of carbonyl (C=O) groups is 1. The van der Waals surface area contributed by atoms with Gasteiger partial charge in [0.1, 0.15) is 0 Å². The van der Waals surface area contributed by atoms with Gasteiger partial charge in [-0.1, -0.05) is 111 Å². The summed E-state index contributed by atoms with van der Waals surface area (Å²) in [5.74, 6) is 2.37. The Morgan fingerprint density at radius 3 is 2.38 bits per heavy atom. The maximum atomic E-state index is 12.6. The normalized spacial score (nSPS) is 15.2. The van der Waals surface area contributed by atoms with Gasteiger partial charge in [0, 0.05) is 18.3 Å². The van der Waals surface area contributed by atoms with Gasteiger partial charge in [0.15, 0.2) is 5.82 Å². The highest BCUT2D eigenvalue weighted by molar-refractivity contribution is 5.79. The van der Waals surface area contributed by atoms with Crippen LogP contribution in [0.25, 0.3) is 0 Å². The molecule has 4 rings (SSSR count). The molecule has 5 nitrogen and oxygen atoms in total. The van der Waals surface area contributed by atoms with E-state index >= 15 is 0 Å². The lowest BCUT2D eigenvalue weighted by Gasteiger charge is -2.27. The molecular weight excluding hydrogens is 458 g/mol. The molecule has 37 heavy (non-hydrogen) atoms. The Kier molecular flexibility index (Phi) is 10.3. The molecule has 1 heterocycles. The highest BCUT2D eigenvalue weighted by atomic mass is 16.5. The Labute approximate surface area is 222 Å². The van der Waals surface area contributed by atoms with E-state index in [9.17, 15) is 4.79 Å². The second-order valence-corrected chi connectivity index (χ2v) is 10.8. The van der Waals surface area contributed by atoms with Crippen molar-refractivity contribution in [3.8, 4) is 0 Å². The molecule has 2 atom stereocenters. The Morgan fingerprint density at radius 1 is 0.973 bits per heavy atom. The zero-order valence-electron chi connectivity index (χ0n) is 22.6. The third kappa shape index (κ3) is 8.28. The lowest BCUT2D eigenvalue weighted by Crippen LogP contribution is -2.37. The van der Waals surface area contributed by atoms with Crippen molar-refractivity contribution in [1.29, 1.82) is 0 Å². The summed E-state index contributed by atoms with van der Waals surface area (Å²) in [6.07, 6.45) is 12.9. The fourth-order valence-electron chi connectivity index (χ4n) is 5.19. The van der Waals surface area contributed by atoms with Crippen molar-refractivity contribution in [3.05, 3.63) is 83.0 Å². The Hall–Kier alpha value is -2.95. The molecule has 0 aliphatic heterocycles. The molecule has 3 aromatic rings. The number of benzene rings is 2. The van der Waals surface area contributed by atoms with Crippen LogP contribution < -0.4 is 5.32 Å². The van der Waals surface area contributed by atoms with E-state index in [1.807, 2.05) is 6.07 Å². The minimum Gasteiger partial charge on any atom is -0.349 e. The Bertz CT molecular complexity index is 1070. The summed E-state index contributed by atoms with van der Waals surface area (Å²) in [7, 11) is 0. The highest BCUT2D eigenvalue weighted by Crippen LogP contribution is 2.29. The molecule has 0 spiro atoms. The maximum Gasteiger partial charge on any atom is 0.229 e. The summed E-state index contributed by atoms with van der Waals surface area (Å²) in [5.41, 5.74) is 3.69. The average molecular weight is 502 g/mol. The van der Waals surface area contributed by atoms with Crippen LogP contribution in [0.4, 0.5) is 0 Å². The maximum absolute atomic E-state index is 12.6. The van der Waals surface area contributed by atoms with Crippen molar-refractivity contribution in [2.75, 3.05) is 0 Å². The number of hydrogen-bond donors (Lipinski definition) is 1. The summed E-state index contributed by atoms with van der Waals surface area (Å²) in [5, 5.41) is 7.61. The SMILES string of the molecule is CCCC(CCCCCC[C@H](NC(=O)C1CCC1)c1ccccc1)c1nc(Cc2ccc(C)cc2)no1. The number of nitrogens with zero attached hydrogens (tertiary/aromatic N) is 2. The van der Waals surface area contributed by atoms with E-state index in [4.69, 9.17) is 9.51 Å². The number of unbranched alkanes of at least 4 members (excludes halogenated alkanes) is 3. The number of rotatable bonds is 15. The molecule has 2 aromatic carbocycles. The van der Waals surface area contributed by atoms with Crippen molar-refractivity contribution < 1.29 is 9.32 Å². The van der Waals surface area contributed by atoms with Gasteiger partial charge in [-0.25, -0.2) is 0 Å². The van der Waals surface area contributed by atoms with E-state index < -0.39 is 0 Å². The van der Waals surface area contributed by atoms with Crippen LogP contribution in [0.5, 0.6) is 0 Å². The second-order valence-electron chi connectivity index (χ2n) is 10.8. The van der Waals surface area contributed by atoms with Gasteiger partial charge >= 0.3 is 0 Å². The smallest absolute Gasteiger partial charge is 0.229 e. The molecular formula is C32H43N3O2. The second kappa shape index (κ2) is 14.1. The van der Waals surface area contributed by atoms with Gasteiger partial charge in [0.05, 0.1) is 6.04 Å². The molecule has 1 unspecified atom stereocenters. The number of nitrogens with one attached hydrogen (secondary N) is 1.